The van der Waals surface area contributed by atoms with Crippen LogP contribution in [-0.4, -0.2) is 58.5 Å². The Morgan fingerprint density at radius 1 is 0.567 bits per heavy atom. The lowest BCUT2D eigenvalue weighted by atomic mass is 9.86. The van der Waals surface area contributed by atoms with Gasteiger partial charge in [0.05, 0.1) is 0 Å². The Morgan fingerprint density at radius 3 is 1.03 bits per heavy atom. The van der Waals surface area contributed by atoms with Gasteiger partial charge in [-0.25, -0.2) is 4.79 Å². The highest BCUT2D eigenvalue weighted by Crippen LogP contribution is 2.64. The number of halogens is 16. The summed E-state index contributed by atoms with van der Waals surface area (Å²) < 4.78 is 210. The van der Waals surface area contributed by atoms with Crippen LogP contribution in [0.4, 0.5) is 70.2 Å². The maximum absolute atomic E-state index is 13.3. The minimum atomic E-state index is -8.58. The fourth-order valence-corrected chi connectivity index (χ4v) is 1.59. The molecule has 18 heteroatoms. The second-order valence-corrected chi connectivity index (χ2v) is 5.69. The molecule has 0 rings (SSSR count). The SMILES string of the molecule is C=C(C(=O)O)C(F)(F)C(F)(F)C(F)(F)C(F)(F)C(F)(F)C(F)(F)C(F)(F)C(C)(F)F. The molecule has 0 atom stereocenters. The molecule has 0 aromatic rings. The van der Waals surface area contributed by atoms with Crippen LogP contribution in [-0.2, 0) is 4.79 Å². The maximum atomic E-state index is 13.3. The molecule has 178 valence electrons. The van der Waals surface area contributed by atoms with E-state index in [1.807, 2.05) is 0 Å². The van der Waals surface area contributed by atoms with Gasteiger partial charge < -0.3 is 5.11 Å². The van der Waals surface area contributed by atoms with Gasteiger partial charge >= 0.3 is 53.3 Å². The minimum absolute atomic E-state index is 1.26. The molecule has 0 radical (unpaired) electrons. The van der Waals surface area contributed by atoms with Gasteiger partial charge in [0.1, 0.15) is 5.57 Å². The summed E-state index contributed by atoms with van der Waals surface area (Å²) in [6, 6.07) is 0. The van der Waals surface area contributed by atoms with Gasteiger partial charge in [0.15, 0.2) is 0 Å². The van der Waals surface area contributed by atoms with Crippen LogP contribution in [0.15, 0.2) is 12.2 Å². The van der Waals surface area contributed by atoms with Crippen molar-refractivity contribution in [3.63, 3.8) is 0 Å². The number of alkyl halides is 16. The fraction of sp³-hybridized carbons (Fsp3) is 0.750. The molecule has 0 saturated carbocycles. The van der Waals surface area contributed by atoms with Crippen LogP contribution in [0.2, 0.25) is 0 Å². The van der Waals surface area contributed by atoms with Crippen LogP contribution in [0, 0.1) is 0 Å². The first-order chi connectivity index (χ1) is 12.6. The van der Waals surface area contributed by atoms with Crippen molar-refractivity contribution in [2.75, 3.05) is 0 Å². The predicted octanol–water partition coefficient (Wildman–Crippen LogP) is 5.73. The fourth-order valence-electron chi connectivity index (χ4n) is 1.59. The lowest BCUT2D eigenvalue weighted by Crippen LogP contribution is -2.74. The number of carbonyl (C=O) groups is 1. The number of rotatable bonds is 9. The molecule has 0 aromatic heterocycles. The molecule has 1 N–H and O–H groups in total. The predicted molar refractivity (Wildman–Crippen MR) is 62.0 cm³/mol. The van der Waals surface area contributed by atoms with Crippen molar-refractivity contribution in [1.29, 1.82) is 0 Å². The molecule has 0 spiro atoms. The van der Waals surface area contributed by atoms with E-state index in [4.69, 9.17) is 5.11 Å². The normalized spacial score (nSPS) is 15.9. The van der Waals surface area contributed by atoms with Gasteiger partial charge in [0.25, 0.3) is 0 Å². The Bertz CT molecular complexity index is 702. The topological polar surface area (TPSA) is 37.3 Å². The first-order valence-electron chi connectivity index (χ1n) is 6.56. The van der Waals surface area contributed by atoms with Crippen molar-refractivity contribution < 1.29 is 80.1 Å². The van der Waals surface area contributed by atoms with Crippen molar-refractivity contribution >= 4 is 5.97 Å². The molecule has 0 aliphatic carbocycles. The molecule has 0 aliphatic rings. The van der Waals surface area contributed by atoms with Crippen LogP contribution in [0.5, 0.6) is 0 Å². The number of hydrogen-bond donors (Lipinski definition) is 1. The molecule has 0 bridgehead atoms. The van der Waals surface area contributed by atoms with E-state index in [0.29, 0.717) is 0 Å². The molecule has 0 fully saturated rings. The Morgan fingerprint density at radius 2 is 0.800 bits per heavy atom. The number of aliphatic carboxylic acids is 1. The summed E-state index contributed by atoms with van der Waals surface area (Å²) >= 11 is 0. The summed E-state index contributed by atoms with van der Waals surface area (Å²) in [5, 5.41) is 8.04. The molecule has 0 unspecified atom stereocenters. The van der Waals surface area contributed by atoms with E-state index in [1.165, 1.54) is 0 Å². The summed E-state index contributed by atoms with van der Waals surface area (Å²) in [6.45, 7) is 0.351. The number of carboxylic acids is 1. The highest BCUT2D eigenvalue weighted by Gasteiger charge is 2.94. The molecule has 0 aromatic carbocycles. The number of hydrogen-bond acceptors (Lipinski definition) is 1. The molecule has 2 nitrogen and oxygen atoms in total. The quantitative estimate of drug-likeness (QED) is 0.334. The third kappa shape index (κ3) is 3.25. The summed E-state index contributed by atoms with van der Waals surface area (Å²) in [4.78, 5) is 10.2. The average molecular weight is 486 g/mol. The highest BCUT2D eigenvalue weighted by molar-refractivity contribution is 5.88. The first kappa shape index (κ1) is 28.1. The van der Waals surface area contributed by atoms with Crippen molar-refractivity contribution in [3.05, 3.63) is 12.2 Å². The van der Waals surface area contributed by atoms with Gasteiger partial charge in [0.2, 0.25) is 0 Å². The zero-order valence-corrected chi connectivity index (χ0v) is 13.6. The minimum Gasteiger partial charge on any atom is -0.478 e. The zero-order valence-electron chi connectivity index (χ0n) is 13.6. The molecule has 0 heterocycles. The van der Waals surface area contributed by atoms with Crippen molar-refractivity contribution in [1.82, 2.24) is 0 Å². The Labute approximate surface area is 154 Å². The second-order valence-electron chi connectivity index (χ2n) is 5.69. The molecular formula is C12H6F16O2. The van der Waals surface area contributed by atoms with Gasteiger partial charge in [0, 0.05) is 6.92 Å². The van der Waals surface area contributed by atoms with Gasteiger partial charge in [-0.1, -0.05) is 6.58 Å². The van der Waals surface area contributed by atoms with Crippen LogP contribution < -0.4 is 0 Å². The van der Waals surface area contributed by atoms with Crippen LogP contribution in [0.25, 0.3) is 0 Å². The number of carboxylic acid groups (broad SMARTS) is 1. The van der Waals surface area contributed by atoms with E-state index in [9.17, 15) is 75.0 Å². The molecule has 0 amide bonds. The van der Waals surface area contributed by atoms with E-state index in [2.05, 4.69) is 0 Å². The summed E-state index contributed by atoms with van der Waals surface area (Å²) in [5.74, 6) is -66.0. The summed E-state index contributed by atoms with van der Waals surface area (Å²) in [5.41, 5.74) is -3.32. The molecule has 30 heavy (non-hydrogen) atoms. The van der Waals surface area contributed by atoms with Gasteiger partial charge in [-0.3, -0.25) is 0 Å². The van der Waals surface area contributed by atoms with Gasteiger partial charge in [-0.15, -0.1) is 0 Å². The van der Waals surface area contributed by atoms with Crippen molar-refractivity contribution in [2.24, 2.45) is 0 Å². The average Bonchev–Trinajstić information content (AvgIpc) is 2.51. The third-order valence-corrected chi connectivity index (χ3v) is 3.55. The van der Waals surface area contributed by atoms with Gasteiger partial charge in [-0.05, 0) is 0 Å². The monoisotopic (exact) mass is 486 g/mol. The van der Waals surface area contributed by atoms with Crippen molar-refractivity contribution in [3.8, 4) is 0 Å². The largest absolute Gasteiger partial charge is 0.478 e. The second kappa shape index (κ2) is 6.80. The van der Waals surface area contributed by atoms with E-state index in [-0.39, 0.29) is 0 Å². The van der Waals surface area contributed by atoms with Gasteiger partial charge in [-0.2, -0.15) is 70.2 Å². The Kier molecular flexibility index (Phi) is 6.36. The third-order valence-electron chi connectivity index (χ3n) is 3.55. The van der Waals surface area contributed by atoms with Crippen LogP contribution in [0.1, 0.15) is 6.92 Å². The van der Waals surface area contributed by atoms with Crippen LogP contribution >= 0.6 is 0 Å². The molecular weight excluding hydrogens is 480 g/mol. The lowest BCUT2D eigenvalue weighted by molar-refractivity contribution is -0.450. The Hall–Kier alpha value is -1.91. The van der Waals surface area contributed by atoms with Crippen molar-refractivity contribution in [2.45, 2.75) is 54.3 Å². The lowest BCUT2D eigenvalue weighted by Gasteiger charge is -2.43. The zero-order chi connectivity index (χ0) is 25.2. The summed E-state index contributed by atoms with van der Waals surface area (Å²) in [6.07, 6.45) is 0. The first-order valence-corrected chi connectivity index (χ1v) is 6.56. The standard InChI is InChI=1S/C12H6F16O2/c1-3(4(29)30)6(15,16)8(19,20)10(23,24)12(27,28)11(25,26)9(21,22)7(17,18)5(2,13)14/h1H2,2H3,(H,29,30). The van der Waals surface area contributed by atoms with E-state index < -0.39 is 65.8 Å². The Balaban J connectivity index is 6.84. The van der Waals surface area contributed by atoms with E-state index >= 15 is 0 Å². The van der Waals surface area contributed by atoms with Crippen LogP contribution in [0.3, 0.4) is 0 Å². The maximum Gasteiger partial charge on any atom is 0.385 e. The summed E-state index contributed by atoms with van der Waals surface area (Å²) in [7, 11) is 0. The molecule has 0 saturated heterocycles. The smallest absolute Gasteiger partial charge is 0.385 e. The van der Waals surface area contributed by atoms with E-state index in [1.54, 1.807) is 6.58 Å². The highest BCUT2D eigenvalue weighted by atomic mass is 19.4. The van der Waals surface area contributed by atoms with E-state index in [0.717, 1.165) is 0 Å². The molecule has 0 aliphatic heterocycles.